The van der Waals surface area contributed by atoms with E-state index in [1.54, 1.807) is 13.1 Å². The largest absolute Gasteiger partial charge is 0.310 e. The third kappa shape index (κ3) is 1.40. The summed E-state index contributed by atoms with van der Waals surface area (Å²) in [5, 5.41) is 9.85. The lowest BCUT2D eigenvalue weighted by atomic mass is 10.0. The molecule has 0 spiro atoms. The highest BCUT2D eigenvalue weighted by molar-refractivity contribution is 5.84. The molecule has 0 saturated heterocycles. The molecule has 0 aliphatic carbocycles. The van der Waals surface area contributed by atoms with Gasteiger partial charge < -0.3 is 4.57 Å². The third-order valence-electron chi connectivity index (χ3n) is 2.81. The molecular weight excluding hydrogens is 200 g/mol. The number of hydrogen-bond acceptors (Lipinski definition) is 2. The Morgan fingerprint density at radius 3 is 2.56 bits per heavy atom. The molecule has 2 aromatic rings. The van der Waals surface area contributed by atoms with Crippen LogP contribution in [0.15, 0.2) is 23.0 Å². The van der Waals surface area contributed by atoms with E-state index in [9.17, 15) is 4.79 Å². The number of benzene rings is 1. The predicted octanol–water partition coefficient (Wildman–Crippen LogP) is 2.03. The van der Waals surface area contributed by atoms with Gasteiger partial charge in [0.15, 0.2) is 0 Å². The lowest BCUT2D eigenvalue weighted by molar-refractivity contribution is 0.899. The normalized spacial score (nSPS) is 10.4. The highest BCUT2D eigenvalue weighted by Crippen LogP contribution is 2.19. The Morgan fingerprint density at radius 1 is 1.25 bits per heavy atom. The Labute approximate surface area is 93.6 Å². The molecule has 80 valence electrons. The summed E-state index contributed by atoms with van der Waals surface area (Å²) in [5.74, 6) is 0. The number of nitriles is 1. The Kier molecular flexibility index (Phi) is 2.28. The van der Waals surface area contributed by atoms with Crippen molar-refractivity contribution in [1.82, 2.24) is 4.57 Å². The third-order valence-corrected chi connectivity index (χ3v) is 2.81. The molecule has 1 heterocycles. The van der Waals surface area contributed by atoms with E-state index in [1.165, 1.54) is 4.57 Å². The van der Waals surface area contributed by atoms with Gasteiger partial charge in [0.2, 0.25) is 0 Å². The van der Waals surface area contributed by atoms with Crippen LogP contribution in [0.4, 0.5) is 0 Å². The minimum Gasteiger partial charge on any atom is -0.310 e. The first-order valence-electron chi connectivity index (χ1n) is 5.05. The molecule has 0 saturated carbocycles. The molecule has 0 bridgehead atoms. The van der Waals surface area contributed by atoms with Gasteiger partial charge in [0.25, 0.3) is 5.56 Å². The van der Waals surface area contributed by atoms with Gasteiger partial charge in [0.1, 0.15) is 11.6 Å². The molecule has 2 rings (SSSR count). The first-order chi connectivity index (χ1) is 7.54. The van der Waals surface area contributed by atoms with Crippen LogP contribution in [-0.2, 0) is 7.05 Å². The van der Waals surface area contributed by atoms with Crippen LogP contribution in [-0.4, -0.2) is 4.57 Å². The molecular formula is C13H12N2O. The minimum atomic E-state index is -0.236. The van der Waals surface area contributed by atoms with Crippen LogP contribution in [0.25, 0.3) is 10.9 Å². The fourth-order valence-corrected chi connectivity index (χ4v) is 2.00. The molecule has 0 unspecified atom stereocenters. The number of rotatable bonds is 0. The highest BCUT2D eigenvalue weighted by atomic mass is 16.1. The van der Waals surface area contributed by atoms with Crippen molar-refractivity contribution in [1.29, 1.82) is 5.26 Å². The average molecular weight is 212 g/mol. The topological polar surface area (TPSA) is 45.8 Å². The summed E-state index contributed by atoms with van der Waals surface area (Å²) < 4.78 is 1.54. The summed E-state index contributed by atoms with van der Waals surface area (Å²) >= 11 is 0. The lowest BCUT2D eigenvalue weighted by Crippen LogP contribution is -2.20. The van der Waals surface area contributed by atoms with Crippen molar-refractivity contribution in [3.8, 4) is 6.07 Å². The van der Waals surface area contributed by atoms with E-state index < -0.39 is 0 Å². The summed E-state index contributed by atoms with van der Waals surface area (Å²) in [6, 6.07) is 7.62. The number of hydrogen-bond donors (Lipinski definition) is 0. The molecule has 0 atom stereocenters. The van der Waals surface area contributed by atoms with Crippen LogP contribution < -0.4 is 5.56 Å². The Morgan fingerprint density at radius 2 is 1.94 bits per heavy atom. The van der Waals surface area contributed by atoms with Gasteiger partial charge in [0, 0.05) is 12.4 Å². The van der Waals surface area contributed by atoms with Crippen LogP contribution in [0.2, 0.25) is 0 Å². The van der Waals surface area contributed by atoms with Crippen molar-refractivity contribution in [3.05, 3.63) is 45.2 Å². The van der Waals surface area contributed by atoms with Crippen LogP contribution in [0.5, 0.6) is 0 Å². The monoisotopic (exact) mass is 212 g/mol. The maximum Gasteiger partial charge on any atom is 0.268 e. The van der Waals surface area contributed by atoms with Crippen molar-refractivity contribution in [2.75, 3.05) is 0 Å². The second-order valence-corrected chi connectivity index (χ2v) is 4.05. The molecule has 1 aromatic carbocycles. The van der Waals surface area contributed by atoms with Crippen molar-refractivity contribution in [3.63, 3.8) is 0 Å². The molecule has 0 amide bonds. The van der Waals surface area contributed by atoms with E-state index in [1.807, 2.05) is 32.0 Å². The van der Waals surface area contributed by atoms with Gasteiger partial charge in [-0.15, -0.1) is 0 Å². The predicted molar refractivity (Wildman–Crippen MR) is 63.4 cm³/mol. The van der Waals surface area contributed by atoms with Gasteiger partial charge in [-0.25, -0.2) is 0 Å². The lowest BCUT2D eigenvalue weighted by Gasteiger charge is -2.09. The first-order valence-corrected chi connectivity index (χ1v) is 5.05. The molecule has 0 aliphatic heterocycles. The van der Waals surface area contributed by atoms with Crippen molar-refractivity contribution >= 4 is 10.9 Å². The van der Waals surface area contributed by atoms with Crippen LogP contribution >= 0.6 is 0 Å². The zero-order chi connectivity index (χ0) is 11.9. The maximum absolute atomic E-state index is 11.8. The number of pyridine rings is 1. The number of aromatic nitrogens is 1. The van der Waals surface area contributed by atoms with Crippen molar-refractivity contribution in [2.45, 2.75) is 13.8 Å². The molecule has 1 aromatic heterocycles. The fraction of sp³-hybridized carbons (Fsp3) is 0.231. The molecule has 0 fully saturated rings. The molecule has 3 heteroatoms. The van der Waals surface area contributed by atoms with Crippen LogP contribution in [0.3, 0.4) is 0 Å². The summed E-state index contributed by atoms with van der Waals surface area (Å²) in [7, 11) is 1.70. The van der Waals surface area contributed by atoms with E-state index >= 15 is 0 Å². The standard InChI is InChI=1S/C13H12N2O/c1-8-4-9(2)11-6-10(7-14)13(16)15(3)12(11)5-8/h4-6H,1-3H3. The highest BCUT2D eigenvalue weighted by Gasteiger charge is 2.08. The number of nitrogens with zero attached hydrogens (tertiary/aromatic N) is 2. The smallest absolute Gasteiger partial charge is 0.268 e. The van der Waals surface area contributed by atoms with Crippen molar-refractivity contribution < 1.29 is 0 Å². The number of fused-ring (bicyclic) bond motifs is 1. The van der Waals surface area contributed by atoms with E-state index in [4.69, 9.17) is 5.26 Å². The molecule has 16 heavy (non-hydrogen) atoms. The molecule has 0 N–H and O–H groups in total. The van der Waals surface area contributed by atoms with Gasteiger partial charge in [-0.05, 0) is 37.1 Å². The SMILES string of the molecule is Cc1cc(C)c2cc(C#N)c(=O)n(C)c2c1. The zero-order valence-corrected chi connectivity index (χ0v) is 9.53. The van der Waals surface area contributed by atoms with Gasteiger partial charge >= 0.3 is 0 Å². The second kappa shape index (κ2) is 3.49. The summed E-state index contributed by atoms with van der Waals surface area (Å²) in [6.07, 6.45) is 0. The summed E-state index contributed by atoms with van der Waals surface area (Å²) in [6.45, 7) is 3.98. The van der Waals surface area contributed by atoms with E-state index in [2.05, 4.69) is 0 Å². The van der Waals surface area contributed by atoms with Crippen LogP contribution in [0.1, 0.15) is 16.7 Å². The molecule has 0 radical (unpaired) electrons. The Balaban J connectivity index is 3.06. The Hall–Kier alpha value is -2.08. The molecule has 0 aliphatic rings. The van der Waals surface area contributed by atoms with Gasteiger partial charge in [-0.1, -0.05) is 6.07 Å². The quantitative estimate of drug-likeness (QED) is 0.670. The zero-order valence-electron chi connectivity index (χ0n) is 9.53. The summed E-state index contributed by atoms with van der Waals surface area (Å²) in [5.41, 5.74) is 3.04. The minimum absolute atomic E-state index is 0.196. The molecule has 3 nitrogen and oxygen atoms in total. The van der Waals surface area contributed by atoms with E-state index in [0.717, 1.165) is 22.0 Å². The maximum atomic E-state index is 11.8. The second-order valence-electron chi connectivity index (χ2n) is 4.05. The van der Waals surface area contributed by atoms with E-state index in [0.29, 0.717) is 0 Å². The fourth-order valence-electron chi connectivity index (χ4n) is 2.00. The average Bonchev–Trinajstić information content (AvgIpc) is 2.24. The van der Waals surface area contributed by atoms with Gasteiger partial charge in [-0.3, -0.25) is 4.79 Å². The van der Waals surface area contributed by atoms with Gasteiger partial charge in [0.05, 0.1) is 5.52 Å². The van der Waals surface area contributed by atoms with Gasteiger partial charge in [-0.2, -0.15) is 5.26 Å². The number of aryl methyl sites for hydroxylation is 3. The van der Waals surface area contributed by atoms with E-state index in [-0.39, 0.29) is 11.1 Å². The Bertz CT molecular complexity index is 675. The first kappa shape index (κ1) is 10.4. The summed E-state index contributed by atoms with van der Waals surface area (Å²) in [4.78, 5) is 11.8. The van der Waals surface area contributed by atoms with Crippen LogP contribution in [0, 0.1) is 25.2 Å². The van der Waals surface area contributed by atoms with Crippen molar-refractivity contribution in [2.24, 2.45) is 7.05 Å².